The third-order valence-corrected chi connectivity index (χ3v) is 7.08. The molecule has 0 radical (unpaired) electrons. The number of carbonyl (C=O) groups is 2. The summed E-state index contributed by atoms with van der Waals surface area (Å²) in [4.78, 5) is 27.6. The summed E-state index contributed by atoms with van der Waals surface area (Å²) in [5.41, 5.74) is 0.623. The van der Waals surface area contributed by atoms with E-state index in [-0.39, 0.29) is 23.2 Å². The van der Waals surface area contributed by atoms with Gasteiger partial charge in [0, 0.05) is 28.7 Å². The molecule has 33 heavy (non-hydrogen) atoms. The fourth-order valence-electron chi connectivity index (χ4n) is 3.31. The van der Waals surface area contributed by atoms with Crippen LogP contribution in [-0.2, 0) is 26.2 Å². The van der Waals surface area contributed by atoms with E-state index in [1.807, 2.05) is 0 Å². The SMILES string of the molecule is CCNC(=O)C(CC)N(Cc1c(Cl)cccc1Cl)C(=O)CN(c1ccccc1Cl)S(C)(=O)=O. The van der Waals surface area contributed by atoms with Gasteiger partial charge in [0.15, 0.2) is 0 Å². The van der Waals surface area contributed by atoms with E-state index in [1.165, 1.54) is 17.0 Å². The Morgan fingerprint density at radius 3 is 2.06 bits per heavy atom. The predicted octanol–water partition coefficient (Wildman–Crippen LogP) is 4.36. The maximum absolute atomic E-state index is 13.5. The van der Waals surface area contributed by atoms with Crippen LogP contribution in [-0.4, -0.2) is 50.5 Å². The second kappa shape index (κ2) is 11.9. The van der Waals surface area contributed by atoms with Gasteiger partial charge >= 0.3 is 0 Å². The van der Waals surface area contributed by atoms with Gasteiger partial charge in [-0.2, -0.15) is 0 Å². The Labute approximate surface area is 209 Å². The van der Waals surface area contributed by atoms with Crippen LogP contribution in [0.2, 0.25) is 15.1 Å². The lowest BCUT2D eigenvalue weighted by molar-refractivity contribution is -0.140. The van der Waals surface area contributed by atoms with Crippen LogP contribution in [0.15, 0.2) is 42.5 Å². The van der Waals surface area contributed by atoms with Gasteiger partial charge in [-0.05, 0) is 37.6 Å². The zero-order chi connectivity index (χ0) is 24.8. The minimum absolute atomic E-state index is 0.0763. The van der Waals surface area contributed by atoms with Gasteiger partial charge < -0.3 is 10.2 Å². The third-order valence-electron chi connectivity index (χ3n) is 4.93. The number of carbonyl (C=O) groups excluding carboxylic acids is 2. The van der Waals surface area contributed by atoms with Gasteiger partial charge in [-0.25, -0.2) is 8.42 Å². The highest BCUT2D eigenvalue weighted by atomic mass is 35.5. The number of likely N-dealkylation sites (N-methyl/N-ethyl adjacent to an activating group) is 1. The molecule has 0 aromatic heterocycles. The van der Waals surface area contributed by atoms with E-state index in [0.29, 0.717) is 28.6 Å². The van der Waals surface area contributed by atoms with Crippen LogP contribution in [0, 0.1) is 0 Å². The predicted molar refractivity (Wildman–Crippen MR) is 133 cm³/mol. The largest absolute Gasteiger partial charge is 0.355 e. The molecule has 1 unspecified atom stereocenters. The Balaban J connectivity index is 2.51. The highest BCUT2D eigenvalue weighted by Crippen LogP contribution is 2.29. The quantitative estimate of drug-likeness (QED) is 0.491. The monoisotopic (exact) mass is 533 g/mol. The van der Waals surface area contributed by atoms with E-state index in [1.54, 1.807) is 44.2 Å². The fraction of sp³-hybridized carbons (Fsp3) is 0.364. The van der Waals surface area contributed by atoms with Gasteiger partial charge in [0.2, 0.25) is 21.8 Å². The van der Waals surface area contributed by atoms with Gasteiger partial charge in [0.05, 0.1) is 17.0 Å². The molecule has 11 heteroatoms. The van der Waals surface area contributed by atoms with E-state index in [2.05, 4.69) is 5.32 Å². The molecule has 0 bridgehead atoms. The number of benzene rings is 2. The smallest absolute Gasteiger partial charge is 0.244 e. The van der Waals surface area contributed by atoms with Crippen molar-refractivity contribution in [2.75, 3.05) is 23.7 Å². The van der Waals surface area contributed by atoms with Crippen LogP contribution in [0.4, 0.5) is 5.69 Å². The summed E-state index contributed by atoms with van der Waals surface area (Å²) in [5, 5.41) is 3.55. The Kier molecular flexibility index (Phi) is 9.84. The summed E-state index contributed by atoms with van der Waals surface area (Å²) in [6.45, 7) is 3.27. The summed E-state index contributed by atoms with van der Waals surface area (Å²) in [6.07, 6.45) is 1.28. The molecule has 1 N–H and O–H groups in total. The Bertz CT molecular complexity index is 1090. The van der Waals surface area contributed by atoms with Gasteiger partial charge in [0.25, 0.3) is 0 Å². The molecule has 0 spiro atoms. The lowest BCUT2D eigenvalue weighted by Crippen LogP contribution is -2.52. The van der Waals surface area contributed by atoms with Crippen molar-refractivity contribution < 1.29 is 18.0 Å². The molecule has 2 rings (SSSR count). The van der Waals surface area contributed by atoms with Crippen molar-refractivity contribution in [3.05, 3.63) is 63.1 Å². The van der Waals surface area contributed by atoms with Crippen LogP contribution in [0.1, 0.15) is 25.8 Å². The highest BCUT2D eigenvalue weighted by Gasteiger charge is 2.32. The van der Waals surface area contributed by atoms with Crippen molar-refractivity contribution in [1.82, 2.24) is 10.2 Å². The molecule has 0 heterocycles. The second-order valence-corrected chi connectivity index (χ2v) is 10.4. The van der Waals surface area contributed by atoms with Crippen molar-refractivity contribution in [2.45, 2.75) is 32.9 Å². The average molecular weight is 535 g/mol. The Hall–Kier alpha value is -2.00. The molecule has 0 aliphatic carbocycles. The van der Waals surface area contributed by atoms with Gasteiger partial charge in [0.1, 0.15) is 12.6 Å². The molecule has 0 fully saturated rings. The minimum Gasteiger partial charge on any atom is -0.355 e. The van der Waals surface area contributed by atoms with Crippen molar-refractivity contribution in [3.63, 3.8) is 0 Å². The zero-order valence-electron chi connectivity index (χ0n) is 18.5. The molecule has 7 nitrogen and oxygen atoms in total. The number of hydrogen-bond acceptors (Lipinski definition) is 4. The Morgan fingerprint density at radius 1 is 0.970 bits per heavy atom. The van der Waals surface area contributed by atoms with Crippen molar-refractivity contribution >= 4 is 62.3 Å². The molecule has 0 aliphatic rings. The third kappa shape index (κ3) is 6.99. The van der Waals surface area contributed by atoms with Crippen molar-refractivity contribution in [2.24, 2.45) is 0 Å². The summed E-state index contributed by atoms with van der Waals surface area (Å²) < 4.78 is 26.0. The first-order valence-corrected chi connectivity index (χ1v) is 13.2. The average Bonchev–Trinajstić information content (AvgIpc) is 2.74. The number of sulfonamides is 1. The first-order chi connectivity index (χ1) is 15.5. The topological polar surface area (TPSA) is 86.8 Å². The fourth-order valence-corrected chi connectivity index (χ4v) is 4.98. The normalized spacial score (nSPS) is 12.2. The number of hydrogen-bond donors (Lipinski definition) is 1. The molecular formula is C22H26Cl3N3O4S. The molecule has 2 aromatic rings. The number of rotatable bonds is 10. The molecule has 2 amide bonds. The number of nitrogens with one attached hydrogen (secondary N) is 1. The highest BCUT2D eigenvalue weighted by molar-refractivity contribution is 7.92. The maximum Gasteiger partial charge on any atom is 0.244 e. The van der Waals surface area contributed by atoms with Crippen LogP contribution >= 0.6 is 34.8 Å². The number of nitrogens with zero attached hydrogens (tertiary/aromatic N) is 2. The molecule has 1 atom stereocenters. The summed E-state index contributed by atoms with van der Waals surface area (Å²) in [7, 11) is -3.87. The number of anilines is 1. The summed E-state index contributed by atoms with van der Waals surface area (Å²) >= 11 is 18.8. The maximum atomic E-state index is 13.5. The van der Waals surface area contributed by atoms with Crippen LogP contribution in [0.5, 0.6) is 0 Å². The van der Waals surface area contributed by atoms with Gasteiger partial charge in [-0.3, -0.25) is 13.9 Å². The zero-order valence-corrected chi connectivity index (χ0v) is 21.6. The minimum atomic E-state index is -3.87. The van der Waals surface area contributed by atoms with Crippen molar-refractivity contribution in [1.29, 1.82) is 0 Å². The second-order valence-electron chi connectivity index (χ2n) is 7.26. The molecule has 180 valence electrons. The van der Waals surface area contributed by atoms with Crippen molar-refractivity contribution in [3.8, 4) is 0 Å². The van der Waals surface area contributed by atoms with Crippen LogP contribution in [0.25, 0.3) is 0 Å². The van der Waals surface area contributed by atoms with E-state index < -0.39 is 28.5 Å². The van der Waals surface area contributed by atoms with E-state index >= 15 is 0 Å². The standard InChI is InChI=1S/C22H26Cl3N3O4S/c1-4-19(22(30)26-5-2)27(13-15-16(23)10-8-11-17(15)24)21(29)14-28(33(3,31)32)20-12-7-6-9-18(20)25/h6-12,19H,4-5,13-14H2,1-3H3,(H,26,30). The number of amides is 2. The number of halogens is 3. The molecular weight excluding hydrogens is 509 g/mol. The summed E-state index contributed by atoms with van der Waals surface area (Å²) in [6, 6.07) is 10.4. The molecule has 0 saturated heterocycles. The lowest BCUT2D eigenvalue weighted by atomic mass is 10.1. The summed E-state index contributed by atoms with van der Waals surface area (Å²) in [5.74, 6) is -0.963. The first kappa shape index (κ1) is 27.2. The number of para-hydroxylation sites is 1. The van der Waals surface area contributed by atoms with Crippen LogP contribution < -0.4 is 9.62 Å². The first-order valence-electron chi connectivity index (χ1n) is 10.2. The molecule has 2 aromatic carbocycles. The van der Waals surface area contributed by atoms with E-state index in [0.717, 1.165) is 10.6 Å². The Morgan fingerprint density at radius 2 is 1.55 bits per heavy atom. The van der Waals surface area contributed by atoms with Crippen LogP contribution in [0.3, 0.4) is 0 Å². The van der Waals surface area contributed by atoms with Gasteiger partial charge in [-0.15, -0.1) is 0 Å². The van der Waals surface area contributed by atoms with Gasteiger partial charge in [-0.1, -0.05) is 59.9 Å². The van der Waals surface area contributed by atoms with E-state index in [9.17, 15) is 18.0 Å². The lowest BCUT2D eigenvalue weighted by Gasteiger charge is -2.33. The van der Waals surface area contributed by atoms with E-state index in [4.69, 9.17) is 34.8 Å². The molecule has 0 aliphatic heterocycles. The molecule has 0 saturated carbocycles.